The lowest BCUT2D eigenvalue weighted by Gasteiger charge is -2.15. The SMILES string of the molecule is CCOP(Cc1ccc(CC)cc1)OCC. The van der Waals surface area contributed by atoms with Crippen molar-refractivity contribution in [1.82, 2.24) is 0 Å². The van der Waals surface area contributed by atoms with Gasteiger partial charge >= 0.3 is 0 Å². The fourth-order valence-electron chi connectivity index (χ4n) is 1.45. The molecule has 0 spiro atoms. The molecule has 1 aromatic rings. The standard InChI is InChI=1S/C13H21O2P/c1-4-12-7-9-13(10-8-12)11-16(14-5-2)15-6-3/h7-10H,4-6,11H2,1-3H3. The molecule has 1 aromatic carbocycles. The van der Waals surface area contributed by atoms with Gasteiger partial charge in [0.15, 0.2) is 8.38 Å². The third-order valence-corrected chi connectivity index (χ3v) is 4.00. The molecule has 0 aliphatic carbocycles. The minimum absolute atomic E-state index is 0.721. The Hall–Kier alpha value is -0.430. The topological polar surface area (TPSA) is 18.5 Å². The predicted molar refractivity (Wildman–Crippen MR) is 69.7 cm³/mol. The number of aryl methyl sites for hydroxylation is 1. The fraction of sp³-hybridized carbons (Fsp3) is 0.538. The van der Waals surface area contributed by atoms with E-state index in [0.717, 1.165) is 25.8 Å². The second-order valence-corrected chi connectivity index (χ2v) is 4.99. The number of benzene rings is 1. The minimum atomic E-state index is -0.751. The first kappa shape index (κ1) is 13.6. The van der Waals surface area contributed by atoms with Crippen molar-refractivity contribution in [2.45, 2.75) is 33.4 Å². The average molecular weight is 240 g/mol. The van der Waals surface area contributed by atoms with Gasteiger partial charge in [-0.3, -0.25) is 0 Å². The van der Waals surface area contributed by atoms with Crippen LogP contribution in [0.2, 0.25) is 0 Å². The van der Waals surface area contributed by atoms with Gasteiger partial charge in [-0.15, -0.1) is 0 Å². The van der Waals surface area contributed by atoms with Crippen LogP contribution in [0.15, 0.2) is 24.3 Å². The van der Waals surface area contributed by atoms with E-state index in [9.17, 15) is 0 Å². The summed E-state index contributed by atoms with van der Waals surface area (Å²) in [6, 6.07) is 8.71. The molecule has 0 N–H and O–H groups in total. The monoisotopic (exact) mass is 240 g/mol. The van der Waals surface area contributed by atoms with Crippen molar-refractivity contribution in [3.63, 3.8) is 0 Å². The van der Waals surface area contributed by atoms with E-state index in [-0.39, 0.29) is 0 Å². The smallest absolute Gasteiger partial charge is 0.175 e. The quantitative estimate of drug-likeness (QED) is 0.667. The lowest BCUT2D eigenvalue weighted by atomic mass is 10.1. The molecule has 2 nitrogen and oxygen atoms in total. The van der Waals surface area contributed by atoms with Gasteiger partial charge in [0.05, 0.1) is 13.2 Å². The zero-order valence-electron chi connectivity index (χ0n) is 10.4. The molecule has 3 heteroatoms. The van der Waals surface area contributed by atoms with Crippen molar-refractivity contribution < 1.29 is 9.05 Å². The van der Waals surface area contributed by atoms with Crippen LogP contribution < -0.4 is 0 Å². The molecule has 0 aliphatic heterocycles. The van der Waals surface area contributed by atoms with Crippen LogP contribution in [0.1, 0.15) is 31.9 Å². The maximum atomic E-state index is 5.59. The second-order valence-electron chi connectivity index (χ2n) is 3.50. The first-order valence-electron chi connectivity index (χ1n) is 5.91. The van der Waals surface area contributed by atoms with Crippen molar-refractivity contribution >= 4 is 8.38 Å². The van der Waals surface area contributed by atoms with E-state index < -0.39 is 8.38 Å². The van der Waals surface area contributed by atoms with Crippen molar-refractivity contribution in [3.05, 3.63) is 35.4 Å². The third kappa shape index (κ3) is 4.61. The molecule has 0 fully saturated rings. The molecular weight excluding hydrogens is 219 g/mol. The normalized spacial score (nSPS) is 11.0. The summed E-state index contributed by atoms with van der Waals surface area (Å²) in [5.41, 5.74) is 2.67. The van der Waals surface area contributed by atoms with E-state index in [2.05, 4.69) is 31.2 Å². The van der Waals surface area contributed by atoms with Gasteiger partial charge in [0.25, 0.3) is 0 Å². The highest BCUT2D eigenvalue weighted by Crippen LogP contribution is 2.41. The number of hydrogen-bond donors (Lipinski definition) is 0. The number of hydrogen-bond acceptors (Lipinski definition) is 2. The van der Waals surface area contributed by atoms with Crippen LogP contribution in [0.3, 0.4) is 0 Å². The third-order valence-electron chi connectivity index (χ3n) is 2.29. The average Bonchev–Trinajstić information content (AvgIpc) is 2.31. The van der Waals surface area contributed by atoms with Gasteiger partial charge in [0.2, 0.25) is 0 Å². The summed E-state index contributed by atoms with van der Waals surface area (Å²) in [6.45, 7) is 7.63. The first-order valence-corrected chi connectivity index (χ1v) is 7.27. The van der Waals surface area contributed by atoms with Crippen LogP contribution in [0.4, 0.5) is 0 Å². The summed E-state index contributed by atoms with van der Waals surface area (Å²) in [4.78, 5) is 0. The molecule has 0 radical (unpaired) electrons. The van der Waals surface area contributed by atoms with Crippen LogP contribution in [0.25, 0.3) is 0 Å². The van der Waals surface area contributed by atoms with Crippen molar-refractivity contribution in [1.29, 1.82) is 0 Å². The molecule has 0 aromatic heterocycles. The van der Waals surface area contributed by atoms with Crippen molar-refractivity contribution in [2.75, 3.05) is 13.2 Å². The second kappa shape index (κ2) is 7.78. The molecule has 0 heterocycles. The summed E-state index contributed by atoms with van der Waals surface area (Å²) >= 11 is 0. The largest absolute Gasteiger partial charge is 0.334 e. The molecule has 16 heavy (non-hydrogen) atoms. The van der Waals surface area contributed by atoms with E-state index in [0.29, 0.717) is 0 Å². The Balaban J connectivity index is 2.54. The Kier molecular flexibility index (Phi) is 6.63. The molecule has 0 saturated heterocycles. The van der Waals surface area contributed by atoms with Crippen molar-refractivity contribution in [3.8, 4) is 0 Å². The Morgan fingerprint density at radius 3 is 1.81 bits per heavy atom. The van der Waals surface area contributed by atoms with Crippen molar-refractivity contribution in [2.24, 2.45) is 0 Å². The molecule has 0 aliphatic rings. The van der Waals surface area contributed by atoms with Gasteiger partial charge in [-0.25, -0.2) is 0 Å². The Morgan fingerprint density at radius 2 is 1.38 bits per heavy atom. The van der Waals surface area contributed by atoms with Crippen LogP contribution in [0, 0.1) is 0 Å². The van der Waals surface area contributed by atoms with Gasteiger partial charge in [0, 0.05) is 6.16 Å². The molecule has 0 bridgehead atoms. The van der Waals surface area contributed by atoms with Crippen LogP contribution in [-0.4, -0.2) is 13.2 Å². The molecule has 90 valence electrons. The lowest BCUT2D eigenvalue weighted by Crippen LogP contribution is -1.94. The van der Waals surface area contributed by atoms with Crippen LogP contribution in [0.5, 0.6) is 0 Å². The van der Waals surface area contributed by atoms with Crippen LogP contribution in [-0.2, 0) is 21.6 Å². The molecule has 1 rings (SSSR count). The summed E-state index contributed by atoms with van der Waals surface area (Å²) in [5.74, 6) is 0. The van der Waals surface area contributed by atoms with E-state index >= 15 is 0 Å². The summed E-state index contributed by atoms with van der Waals surface area (Å²) in [7, 11) is -0.751. The highest BCUT2D eigenvalue weighted by atomic mass is 31.2. The Bertz CT molecular complexity index is 278. The summed E-state index contributed by atoms with van der Waals surface area (Å²) in [5, 5.41) is 0. The van der Waals surface area contributed by atoms with Gasteiger partial charge in [0.1, 0.15) is 0 Å². The molecule has 0 saturated carbocycles. The minimum Gasteiger partial charge on any atom is -0.334 e. The van der Waals surface area contributed by atoms with Gasteiger partial charge < -0.3 is 9.05 Å². The molecule has 0 amide bonds. The first-order chi connectivity index (χ1) is 7.80. The fourth-order valence-corrected chi connectivity index (χ4v) is 2.79. The number of rotatable bonds is 7. The summed E-state index contributed by atoms with van der Waals surface area (Å²) < 4.78 is 11.2. The van der Waals surface area contributed by atoms with Gasteiger partial charge in [-0.05, 0) is 31.4 Å². The van der Waals surface area contributed by atoms with Gasteiger partial charge in [-0.1, -0.05) is 31.2 Å². The highest BCUT2D eigenvalue weighted by molar-refractivity contribution is 7.46. The maximum Gasteiger partial charge on any atom is 0.175 e. The van der Waals surface area contributed by atoms with E-state index in [4.69, 9.17) is 9.05 Å². The van der Waals surface area contributed by atoms with E-state index in [1.807, 2.05) is 13.8 Å². The lowest BCUT2D eigenvalue weighted by molar-refractivity contribution is 0.268. The predicted octanol–water partition coefficient (Wildman–Crippen LogP) is 4.13. The molecule has 0 unspecified atom stereocenters. The maximum absolute atomic E-state index is 5.59. The summed E-state index contributed by atoms with van der Waals surface area (Å²) in [6.07, 6.45) is 1.98. The Morgan fingerprint density at radius 1 is 0.875 bits per heavy atom. The highest BCUT2D eigenvalue weighted by Gasteiger charge is 2.09. The molecule has 0 atom stereocenters. The van der Waals surface area contributed by atoms with E-state index in [1.165, 1.54) is 11.1 Å². The van der Waals surface area contributed by atoms with Gasteiger partial charge in [-0.2, -0.15) is 0 Å². The molecular formula is C13H21O2P. The zero-order valence-corrected chi connectivity index (χ0v) is 11.3. The Labute approximate surface area is 99.9 Å². The zero-order chi connectivity index (χ0) is 11.8. The van der Waals surface area contributed by atoms with Crippen LogP contribution >= 0.6 is 8.38 Å². The van der Waals surface area contributed by atoms with E-state index in [1.54, 1.807) is 0 Å².